The molecule has 2 aromatic rings. The molecule has 0 heterocycles. The molecule has 19 heavy (non-hydrogen) atoms. The summed E-state index contributed by atoms with van der Waals surface area (Å²) in [7, 11) is 0. The number of carbonyl (C=O) groups is 1. The average Bonchev–Trinajstić information content (AvgIpc) is 2.46. The number of nitriles is 1. The van der Waals surface area contributed by atoms with Gasteiger partial charge in [-0.25, -0.2) is 0 Å². The minimum Gasteiger partial charge on any atom is -0.289 e. The molecule has 0 aliphatic rings. The third-order valence-electron chi connectivity index (χ3n) is 2.61. The Kier molecular flexibility index (Phi) is 4.27. The van der Waals surface area contributed by atoms with Crippen LogP contribution in [0.3, 0.4) is 0 Å². The SMILES string of the molecule is N#C/C(=C/C(=O)c1ccc(Br)cc1)c1ccccc1. The van der Waals surface area contributed by atoms with Crippen LogP contribution in [0.1, 0.15) is 15.9 Å². The molecular weight excluding hydrogens is 302 g/mol. The van der Waals surface area contributed by atoms with E-state index in [1.165, 1.54) is 6.08 Å². The van der Waals surface area contributed by atoms with Crippen molar-refractivity contribution in [3.8, 4) is 6.07 Å². The summed E-state index contributed by atoms with van der Waals surface area (Å²) in [6.45, 7) is 0. The second-order valence-electron chi connectivity index (χ2n) is 3.91. The minimum absolute atomic E-state index is 0.173. The zero-order chi connectivity index (χ0) is 13.7. The van der Waals surface area contributed by atoms with Crippen LogP contribution in [-0.2, 0) is 0 Å². The molecule has 0 aromatic heterocycles. The summed E-state index contributed by atoms with van der Waals surface area (Å²) in [5.41, 5.74) is 1.68. The Morgan fingerprint density at radius 2 is 1.63 bits per heavy atom. The highest BCUT2D eigenvalue weighted by molar-refractivity contribution is 9.10. The van der Waals surface area contributed by atoms with Gasteiger partial charge in [0.1, 0.15) is 0 Å². The van der Waals surface area contributed by atoms with Gasteiger partial charge in [-0.2, -0.15) is 5.26 Å². The van der Waals surface area contributed by atoms with Crippen LogP contribution >= 0.6 is 15.9 Å². The molecule has 0 fully saturated rings. The third kappa shape index (κ3) is 3.40. The lowest BCUT2D eigenvalue weighted by Crippen LogP contribution is -1.95. The van der Waals surface area contributed by atoms with E-state index < -0.39 is 0 Å². The first-order chi connectivity index (χ1) is 9.20. The second kappa shape index (κ2) is 6.12. The number of ketones is 1. The fourth-order valence-electron chi connectivity index (χ4n) is 1.63. The predicted molar refractivity (Wildman–Crippen MR) is 78.5 cm³/mol. The number of hydrogen-bond donors (Lipinski definition) is 0. The van der Waals surface area contributed by atoms with Crippen LogP contribution in [-0.4, -0.2) is 5.78 Å². The monoisotopic (exact) mass is 311 g/mol. The van der Waals surface area contributed by atoms with Crippen LogP contribution in [0.25, 0.3) is 5.57 Å². The number of benzene rings is 2. The molecule has 0 amide bonds. The summed E-state index contributed by atoms with van der Waals surface area (Å²) in [6, 6.07) is 18.3. The molecule has 0 aliphatic carbocycles. The maximum absolute atomic E-state index is 12.1. The van der Waals surface area contributed by atoms with Crippen LogP contribution in [0, 0.1) is 11.3 Å². The first-order valence-electron chi connectivity index (χ1n) is 5.68. The second-order valence-corrected chi connectivity index (χ2v) is 4.82. The smallest absolute Gasteiger partial charge is 0.187 e. The normalized spacial score (nSPS) is 10.8. The van der Waals surface area contributed by atoms with Crippen LogP contribution in [0.15, 0.2) is 65.1 Å². The van der Waals surface area contributed by atoms with E-state index in [-0.39, 0.29) is 5.78 Å². The Morgan fingerprint density at radius 3 is 2.21 bits per heavy atom. The summed E-state index contributed by atoms with van der Waals surface area (Å²) >= 11 is 3.32. The molecule has 0 spiro atoms. The molecule has 2 aromatic carbocycles. The van der Waals surface area contributed by atoms with Crippen molar-refractivity contribution < 1.29 is 4.79 Å². The van der Waals surface area contributed by atoms with Gasteiger partial charge in [-0.05, 0) is 29.8 Å². The van der Waals surface area contributed by atoms with Crippen LogP contribution in [0.5, 0.6) is 0 Å². The van der Waals surface area contributed by atoms with Gasteiger partial charge in [0.15, 0.2) is 5.78 Å². The maximum atomic E-state index is 12.1. The van der Waals surface area contributed by atoms with Gasteiger partial charge < -0.3 is 0 Å². The summed E-state index contributed by atoms with van der Waals surface area (Å²) in [5.74, 6) is -0.173. The Hall–Kier alpha value is -2.18. The van der Waals surface area contributed by atoms with Crippen molar-refractivity contribution in [2.24, 2.45) is 0 Å². The maximum Gasteiger partial charge on any atom is 0.187 e. The van der Waals surface area contributed by atoms with Gasteiger partial charge in [-0.3, -0.25) is 4.79 Å². The minimum atomic E-state index is -0.173. The highest BCUT2D eigenvalue weighted by Crippen LogP contribution is 2.16. The number of rotatable bonds is 3. The molecule has 92 valence electrons. The number of carbonyl (C=O) groups excluding carboxylic acids is 1. The molecule has 2 nitrogen and oxygen atoms in total. The summed E-state index contributed by atoms with van der Waals surface area (Å²) in [5, 5.41) is 9.14. The lowest BCUT2D eigenvalue weighted by molar-refractivity contribution is 0.104. The van der Waals surface area contributed by atoms with Crippen LogP contribution in [0.4, 0.5) is 0 Å². The molecule has 0 bridgehead atoms. The van der Waals surface area contributed by atoms with Crippen molar-refractivity contribution in [2.75, 3.05) is 0 Å². The molecule has 0 saturated heterocycles. The molecule has 0 atom stereocenters. The van der Waals surface area contributed by atoms with Crippen LogP contribution < -0.4 is 0 Å². The van der Waals surface area contributed by atoms with E-state index >= 15 is 0 Å². The molecule has 0 radical (unpaired) electrons. The lowest BCUT2D eigenvalue weighted by atomic mass is 10.0. The molecule has 0 N–H and O–H groups in total. The Balaban J connectivity index is 2.31. The predicted octanol–water partition coefficient (Wildman–Crippen LogP) is 4.24. The van der Waals surface area contributed by atoms with E-state index in [4.69, 9.17) is 5.26 Å². The number of halogens is 1. The van der Waals surface area contributed by atoms with Gasteiger partial charge in [0, 0.05) is 16.1 Å². The van der Waals surface area contributed by atoms with Crippen molar-refractivity contribution in [3.05, 3.63) is 76.3 Å². The first-order valence-corrected chi connectivity index (χ1v) is 6.47. The highest BCUT2D eigenvalue weighted by Gasteiger charge is 2.06. The summed E-state index contributed by atoms with van der Waals surface area (Å²) < 4.78 is 0.914. The quantitative estimate of drug-likeness (QED) is 0.483. The molecular formula is C16H10BrNO. The lowest BCUT2D eigenvalue weighted by Gasteiger charge is -1.99. The van der Waals surface area contributed by atoms with Gasteiger partial charge in [-0.1, -0.05) is 46.3 Å². The highest BCUT2D eigenvalue weighted by atomic mass is 79.9. The standard InChI is InChI=1S/C16H10BrNO/c17-15-8-6-13(7-9-15)16(19)10-14(11-18)12-4-2-1-3-5-12/h1-10H/b14-10-. The summed E-state index contributed by atoms with van der Waals surface area (Å²) in [4.78, 5) is 12.1. The van der Waals surface area contributed by atoms with Crippen LogP contribution in [0.2, 0.25) is 0 Å². The molecule has 2 rings (SSSR count). The molecule has 0 unspecified atom stereocenters. The number of allylic oxidation sites excluding steroid dienone is 2. The first kappa shape index (κ1) is 13.3. The van der Waals surface area contributed by atoms with Crippen molar-refractivity contribution in [1.29, 1.82) is 5.26 Å². The fourth-order valence-corrected chi connectivity index (χ4v) is 1.89. The van der Waals surface area contributed by atoms with E-state index in [2.05, 4.69) is 22.0 Å². The zero-order valence-corrected chi connectivity index (χ0v) is 11.6. The van der Waals surface area contributed by atoms with Gasteiger partial charge in [0.2, 0.25) is 0 Å². The van der Waals surface area contributed by atoms with Crippen molar-refractivity contribution in [1.82, 2.24) is 0 Å². The number of nitrogens with zero attached hydrogens (tertiary/aromatic N) is 1. The van der Waals surface area contributed by atoms with Gasteiger partial charge >= 0.3 is 0 Å². The van der Waals surface area contributed by atoms with Crippen molar-refractivity contribution in [3.63, 3.8) is 0 Å². The Labute approximate surface area is 120 Å². The molecule has 0 aliphatic heterocycles. The molecule has 0 saturated carbocycles. The largest absolute Gasteiger partial charge is 0.289 e. The Morgan fingerprint density at radius 1 is 1.00 bits per heavy atom. The van der Waals surface area contributed by atoms with E-state index in [1.807, 2.05) is 30.3 Å². The van der Waals surface area contributed by atoms with Gasteiger partial charge in [0.25, 0.3) is 0 Å². The van der Waals surface area contributed by atoms with Crippen molar-refractivity contribution in [2.45, 2.75) is 0 Å². The van der Waals surface area contributed by atoms with Gasteiger partial charge in [-0.15, -0.1) is 0 Å². The van der Waals surface area contributed by atoms with E-state index in [0.29, 0.717) is 11.1 Å². The van der Waals surface area contributed by atoms with Gasteiger partial charge in [0.05, 0.1) is 11.6 Å². The van der Waals surface area contributed by atoms with Crippen molar-refractivity contribution >= 4 is 27.3 Å². The zero-order valence-electron chi connectivity index (χ0n) is 10.0. The van der Waals surface area contributed by atoms with E-state index in [9.17, 15) is 4.79 Å². The van der Waals surface area contributed by atoms with E-state index in [0.717, 1.165) is 10.0 Å². The van der Waals surface area contributed by atoms with E-state index in [1.54, 1.807) is 24.3 Å². The molecule has 3 heteroatoms. The number of hydrogen-bond acceptors (Lipinski definition) is 2. The average molecular weight is 312 g/mol. The fraction of sp³-hybridized carbons (Fsp3) is 0. The third-order valence-corrected chi connectivity index (χ3v) is 3.14. The summed E-state index contributed by atoms with van der Waals surface area (Å²) in [6.07, 6.45) is 1.37. The topological polar surface area (TPSA) is 40.9 Å². The Bertz CT molecular complexity index is 651.